The van der Waals surface area contributed by atoms with Gasteiger partial charge in [-0.05, 0) is 36.3 Å². The van der Waals surface area contributed by atoms with E-state index in [1.807, 2.05) is 0 Å². The second-order valence-corrected chi connectivity index (χ2v) is 6.66. The molecule has 1 unspecified atom stereocenters. The zero-order valence-electron chi connectivity index (χ0n) is 16.8. The first-order valence-electron chi connectivity index (χ1n) is 9.13. The van der Waals surface area contributed by atoms with Gasteiger partial charge in [0, 0.05) is 12.6 Å². The zero-order valence-corrected chi connectivity index (χ0v) is 17.6. The lowest BCUT2D eigenvalue weighted by Gasteiger charge is -2.34. The van der Waals surface area contributed by atoms with Crippen LogP contribution in [0.4, 0.5) is 5.69 Å². The number of nitrogens with zero attached hydrogens (tertiary/aromatic N) is 3. The van der Waals surface area contributed by atoms with Crippen molar-refractivity contribution in [2.75, 3.05) is 32.7 Å². The van der Waals surface area contributed by atoms with Crippen molar-refractivity contribution in [3.05, 3.63) is 29.8 Å². The predicted octanol–water partition coefficient (Wildman–Crippen LogP) is -0.716. The SMILES string of the molecule is O=C(O)CNN(CC(=O)O)CC(Cc1ccc(N=C=S)cc1)N(CC(=O)O)NCC(=O)O. The standard InChI is InChI=1S/C18H23N5O8S/c24-15(25)6-20-22(9-17(28)29)8-14(23(10-18(30)31)21-7-16(26)27)5-12-1-3-13(4-2-12)19-11-32/h1-4,14,20-21H,5-10H2,(H,24,25)(H,26,27)(H,28,29)(H,30,31). The van der Waals surface area contributed by atoms with Gasteiger partial charge in [0.25, 0.3) is 0 Å². The first-order chi connectivity index (χ1) is 15.1. The second kappa shape index (κ2) is 13.9. The highest BCUT2D eigenvalue weighted by atomic mass is 32.1. The normalized spacial score (nSPS) is 11.7. The van der Waals surface area contributed by atoms with E-state index in [9.17, 15) is 24.3 Å². The van der Waals surface area contributed by atoms with Crippen molar-refractivity contribution < 1.29 is 39.6 Å². The molecule has 0 saturated carbocycles. The first-order valence-corrected chi connectivity index (χ1v) is 9.54. The Balaban J connectivity index is 3.19. The fraction of sp³-hybridized carbons (Fsp3) is 0.389. The number of nitrogens with one attached hydrogen (secondary N) is 2. The number of hydrogen-bond acceptors (Lipinski definition) is 10. The predicted molar refractivity (Wildman–Crippen MR) is 113 cm³/mol. The molecule has 0 saturated heterocycles. The minimum Gasteiger partial charge on any atom is -0.480 e. The summed E-state index contributed by atoms with van der Waals surface area (Å²) >= 11 is 4.55. The van der Waals surface area contributed by atoms with Gasteiger partial charge in [0.2, 0.25) is 0 Å². The monoisotopic (exact) mass is 469 g/mol. The van der Waals surface area contributed by atoms with Crippen LogP contribution in [0.15, 0.2) is 29.3 Å². The lowest BCUT2D eigenvalue weighted by atomic mass is 10.0. The van der Waals surface area contributed by atoms with E-state index in [4.69, 9.17) is 15.3 Å². The molecule has 0 aromatic heterocycles. The minimum atomic E-state index is -1.25. The number of aliphatic carboxylic acids is 4. The van der Waals surface area contributed by atoms with Crippen LogP contribution in [0.2, 0.25) is 0 Å². The van der Waals surface area contributed by atoms with Gasteiger partial charge in [0.15, 0.2) is 0 Å². The maximum Gasteiger partial charge on any atom is 0.319 e. The van der Waals surface area contributed by atoms with Crippen LogP contribution in [0.3, 0.4) is 0 Å². The molecule has 0 bridgehead atoms. The van der Waals surface area contributed by atoms with Crippen LogP contribution in [0.1, 0.15) is 5.56 Å². The molecule has 0 aliphatic carbocycles. The van der Waals surface area contributed by atoms with Gasteiger partial charge in [0.1, 0.15) is 26.2 Å². The number of hydrogen-bond donors (Lipinski definition) is 6. The Bertz CT molecular complexity index is 859. The molecule has 32 heavy (non-hydrogen) atoms. The van der Waals surface area contributed by atoms with Crippen molar-refractivity contribution in [2.45, 2.75) is 12.5 Å². The third-order valence-electron chi connectivity index (χ3n) is 3.97. The summed E-state index contributed by atoms with van der Waals surface area (Å²) in [6, 6.07) is 5.93. The smallest absolute Gasteiger partial charge is 0.319 e. The fourth-order valence-corrected chi connectivity index (χ4v) is 2.82. The molecule has 14 heteroatoms. The van der Waals surface area contributed by atoms with Gasteiger partial charge in [-0.1, -0.05) is 12.1 Å². The van der Waals surface area contributed by atoms with Crippen LogP contribution in [0, 0.1) is 0 Å². The average Bonchev–Trinajstić information content (AvgIpc) is 2.69. The number of carboxylic acid groups (broad SMARTS) is 4. The Morgan fingerprint density at radius 2 is 1.47 bits per heavy atom. The molecule has 1 atom stereocenters. The molecule has 0 aliphatic rings. The molecular formula is C18H23N5O8S. The molecule has 0 heterocycles. The van der Waals surface area contributed by atoms with Gasteiger partial charge in [-0.25, -0.2) is 20.9 Å². The number of rotatable bonds is 16. The molecule has 0 radical (unpaired) electrons. The summed E-state index contributed by atoms with van der Waals surface area (Å²) in [6.45, 7) is -2.45. The van der Waals surface area contributed by atoms with E-state index < -0.39 is 56.1 Å². The molecule has 0 amide bonds. The third-order valence-corrected chi connectivity index (χ3v) is 4.06. The van der Waals surface area contributed by atoms with E-state index in [1.54, 1.807) is 24.3 Å². The largest absolute Gasteiger partial charge is 0.480 e. The average molecular weight is 469 g/mol. The van der Waals surface area contributed by atoms with Gasteiger partial charge >= 0.3 is 23.9 Å². The summed E-state index contributed by atoms with van der Waals surface area (Å²) in [5.74, 6) is -4.94. The highest BCUT2D eigenvalue weighted by molar-refractivity contribution is 7.78. The molecule has 13 nitrogen and oxygen atoms in total. The zero-order chi connectivity index (χ0) is 24.1. The summed E-state index contributed by atoms with van der Waals surface area (Å²) in [6.07, 6.45) is 0.173. The van der Waals surface area contributed by atoms with E-state index in [-0.39, 0.29) is 13.0 Å². The Labute approximate surface area is 187 Å². The molecule has 1 aromatic rings. The number of isothiocyanates is 1. The molecular weight excluding hydrogens is 446 g/mol. The van der Waals surface area contributed by atoms with Crippen LogP contribution < -0.4 is 10.9 Å². The van der Waals surface area contributed by atoms with Crippen molar-refractivity contribution >= 4 is 46.9 Å². The number of aliphatic imine (C=N–C) groups is 1. The van der Waals surface area contributed by atoms with Crippen LogP contribution in [-0.2, 0) is 25.6 Å². The van der Waals surface area contributed by atoms with Gasteiger partial charge in [0.05, 0.1) is 10.8 Å². The Hall–Kier alpha value is -3.26. The molecule has 1 aromatic carbocycles. The minimum absolute atomic E-state index is 0.140. The molecule has 0 spiro atoms. The van der Waals surface area contributed by atoms with Crippen LogP contribution in [0.25, 0.3) is 0 Å². The van der Waals surface area contributed by atoms with Gasteiger partial charge in [-0.3, -0.25) is 19.2 Å². The number of benzene rings is 1. The maximum absolute atomic E-state index is 11.3. The van der Waals surface area contributed by atoms with E-state index in [2.05, 4.69) is 33.2 Å². The highest BCUT2D eigenvalue weighted by Crippen LogP contribution is 2.15. The van der Waals surface area contributed by atoms with Gasteiger partial charge < -0.3 is 20.4 Å². The van der Waals surface area contributed by atoms with E-state index in [0.717, 1.165) is 10.0 Å². The van der Waals surface area contributed by atoms with Crippen molar-refractivity contribution in [1.82, 2.24) is 20.9 Å². The Morgan fingerprint density at radius 3 is 1.97 bits per heavy atom. The molecule has 174 valence electrons. The Morgan fingerprint density at radius 1 is 0.906 bits per heavy atom. The van der Waals surface area contributed by atoms with Gasteiger partial charge in [-0.15, -0.1) is 0 Å². The lowest BCUT2D eigenvalue weighted by Crippen LogP contribution is -2.57. The van der Waals surface area contributed by atoms with E-state index in [1.165, 1.54) is 0 Å². The molecule has 6 N–H and O–H groups in total. The van der Waals surface area contributed by atoms with E-state index >= 15 is 0 Å². The molecule has 0 aliphatic heterocycles. The second-order valence-electron chi connectivity index (χ2n) is 6.48. The summed E-state index contributed by atoms with van der Waals surface area (Å²) in [7, 11) is 0. The maximum atomic E-state index is 11.3. The number of carbonyl (C=O) groups is 4. The lowest BCUT2D eigenvalue weighted by molar-refractivity contribution is -0.144. The quantitative estimate of drug-likeness (QED) is 0.101. The van der Waals surface area contributed by atoms with Crippen LogP contribution in [0.5, 0.6) is 0 Å². The Kier molecular flexibility index (Phi) is 11.7. The number of hydrazine groups is 2. The summed E-state index contributed by atoms with van der Waals surface area (Å²) < 4.78 is 0. The van der Waals surface area contributed by atoms with Crippen molar-refractivity contribution in [1.29, 1.82) is 0 Å². The van der Waals surface area contributed by atoms with Crippen molar-refractivity contribution in [3.8, 4) is 0 Å². The molecule has 1 rings (SSSR count). The van der Waals surface area contributed by atoms with Gasteiger partial charge in [-0.2, -0.15) is 4.99 Å². The fourth-order valence-electron chi connectivity index (χ4n) is 2.72. The summed E-state index contributed by atoms with van der Waals surface area (Å²) in [4.78, 5) is 48.3. The number of thiocarbonyl (C=S) groups is 1. The van der Waals surface area contributed by atoms with Crippen LogP contribution in [-0.4, -0.2) is 98.2 Å². The number of carboxylic acids is 4. The topological polar surface area (TPSA) is 192 Å². The highest BCUT2D eigenvalue weighted by Gasteiger charge is 2.26. The summed E-state index contributed by atoms with van der Waals surface area (Å²) in [5.41, 5.74) is 6.24. The summed E-state index contributed by atoms with van der Waals surface area (Å²) in [5, 5.41) is 40.8. The van der Waals surface area contributed by atoms with Crippen molar-refractivity contribution in [2.24, 2.45) is 4.99 Å². The molecule has 0 fully saturated rings. The van der Waals surface area contributed by atoms with E-state index in [0.29, 0.717) is 11.3 Å². The third kappa shape index (κ3) is 11.2. The van der Waals surface area contributed by atoms with Crippen LogP contribution >= 0.6 is 12.2 Å². The van der Waals surface area contributed by atoms with Crippen molar-refractivity contribution in [3.63, 3.8) is 0 Å². The first kappa shape index (κ1) is 26.8.